The maximum absolute atomic E-state index is 12.7. The summed E-state index contributed by atoms with van der Waals surface area (Å²) in [7, 11) is -3.32. The van der Waals surface area contributed by atoms with Crippen molar-refractivity contribution in [2.24, 2.45) is 5.92 Å². The Kier molecular flexibility index (Phi) is 6.27. The summed E-state index contributed by atoms with van der Waals surface area (Å²) in [5, 5.41) is 0. The van der Waals surface area contributed by atoms with Gasteiger partial charge in [0.2, 0.25) is 15.9 Å². The molecule has 1 aromatic carbocycles. The number of rotatable bonds is 7. The average molecular weight is 421 g/mol. The third-order valence-corrected chi connectivity index (χ3v) is 7.30. The molecule has 2 atom stereocenters. The van der Waals surface area contributed by atoms with Crippen molar-refractivity contribution in [2.45, 2.75) is 69.1 Å². The predicted octanol–water partition coefficient (Wildman–Crippen LogP) is 2.66. The van der Waals surface area contributed by atoms with Gasteiger partial charge in [-0.3, -0.25) is 4.79 Å². The van der Waals surface area contributed by atoms with Gasteiger partial charge in [0, 0.05) is 18.5 Å². The van der Waals surface area contributed by atoms with E-state index in [2.05, 4.69) is 35.1 Å². The largest absolute Gasteiger partial charge is 0.376 e. The first-order valence-corrected chi connectivity index (χ1v) is 12.7. The van der Waals surface area contributed by atoms with Gasteiger partial charge in [0.15, 0.2) is 0 Å². The minimum absolute atomic E-state index is 0.135. The molecule has 7 heteroatoms. The Hall–Kier alpha value is -1.44. The smallest absolute Gasteiger partial charge is 0.226 e. The van der Waals surface area contributed by atoms with Crippen LogP contribution in [0.25, 0.3) is 0 Å². The molecule has 1 aliphatic heterocycles. The average Bonchev–Trinajstić information content (AvgIpc) is 3.48. The summed E-state index contributed by atoms with van der Waals surface area (Å²) >= 11 is 0. The Bertz CT molecular complexity index is 801. The standard InChI is InChI=1S/C22H32N2O4S/c1-29(26,27)23-20-13-14-24(22(25)18-7-8-18)21(20)15-28-19-11-9-17(10-12-19)16-5-3-2-4-6-16/h2-6,17-21,23H,7-15H2,1H3/t17-,19+,20-,21-/m1/s1. The van der Waals surface area contributed by atoms with E-state index in [0.29, 0.717) is 25.5 Å². The molecule has 0 unspecified atom stereocenters. The van der Waals surface area contributed by atoms with E-state index in [-0.39, 0.29) is 30.0 Å². The molecule has 6 nitrogen and oxygen atoms in total. The fourth-order valence-electron chi connectivity index (χ4n) is 4.83. The highest BCUT2D eigenvalue weighted by Crippen LogP contribution is 2.36. The molecule has 1 aromatic rings. The summed E-state index contributed by atoms with van der Waals surface area (Å²) in [6.45, 7) is 1.02. The van der Waals surface area contributed by atoms with Gasteiger partial charge in [0.1, 0.15) is 0 Å². The number of amides is 1. The van der Waals surface area contributed by atoms with Crippen LogP contribution in [0.5, 0.6) is 0 Å². The maximum atomic E-state index is 12.7. The zero-order valence-corrected chi connectivity index (χ0v) is 17.9. The molecule has 1 saturated heterocycles. The number of likely N-dealkylation sites (tertiary alicyclic amines) is 1. The van der Waals surface area contributed by atoms with Gasteiger partial charge in [-0.05, 0) is 56.4 Å². The van der Waals surface area contributed by atoms with E-state index in [1.54, 1.807) is 0 Å². The van der Waals surface area contributed by atoms with Crippen LogP contribution in [0.1, 0.15) is 56.4 Å². The van der Waals surface area contributed by atoms with Crippen LogP contribution in [-0.2, 0) is 19.6 Å². The summed E-state index contributed by atoms with van der Waals surface area (Å²) in [5.74, 6) is 0.898. The van der Waals surface area contributed by atoms with Crippen molar-refractivity contribution in [3.8, 4) is 0 Å². The number of hydrogen-bond acceptors (Lipinski definition) is 4. The fourth-order valence-corrected chi connectivity index (χ4v) is 5.66. The summed E-state index contributed by atoms with van der Waals surface area (Å²) < 4.78 is 32.5. The number of ether oxygens (including phenoxy) is 1. The molecule has 0 bridgehead atoms. The Morgan fingerprint density at radius 3 is 2.38 bits per heavy atom. The summed E-state index contributed by atoms with van der Waals surface area (Å²) in [4.78, 5) is 14.5. The summed E-state index contributed by atoms with van der Waals surface area (Å²) in [6.07, 6.45) is 8.16. The Morgan fingerprint density at radius 1 is 1.07 bits per heavy atom. The number of nitrogens with zero attached hydrogens (tertiary/aromatic N) is 1. The number of hydrogen-bond donors (Lipinski definition) is 1. The van der Waals surface area contributed by atoms with Crippen LogP contribution < -0.4 is 4.72 Å². The zero-order valence-electron chi connectivity index (χ0n) is 17.1. The van der Waals surface area contributed by atoms with Crippen LogP contribution in [0, 0.1) is 5.92 Å². The molecule has 1 heterocycles. The first-order valence-electron chi connectivity index (χ1n) is 10.8. The molecule has 2 aliphatic carbocycles. The lowest BCUT2D eigenvalue weighted by Crippen LogP contribution is -2.49. The lowest BCUT2D eigenvalue weighted by atomic mass is 9.83. The Morgan fingerprint density at radius 2 is 1.76 bits per heavy atom. The molecule has 1 N–H and O–H groups in total. The highest BCUT2D eigenvalue weighted by Gasteiger charge is 2.43. The van der Waals surface area contributed by atoms with Crippen LogP contribution in [0.3, 0.4) is 0 Å². The Labute approximate surface area is 174 Å². The highest BCUT2D eigenvalue weighted by atomic mass is 32.2. The lowest BCUT2D eigenvalue weighted by Gasteiger charge is -2.33. The van der Waals surface area contributed by atoms with E-state index < -0.39 is 10.0 Å². The van der Waals surface area contributed by atoms with Crippen LogP contribution in [0.15, 0.2) is 30.3 Å². The van der Waals surface area contributed by atoms with Crippen molar-refractivity contribution in [3.63, 3.8) is 0 Å². The first kappa shape index (κ1) is 20.8. The van der Waals surface area contributed by atoms with Gasteiger partial charge in [-0.2, -0.15) is 0 Å². The van der Waals surface area contributed by atoms with E-state index >= 15 is 0 Å². The minimum atomic E-state index is -3.32. The van der Waals surface area contributed by atoms with Gasteiger partial charge in [-0.1, -0.05) is 30.3 Å². The lowest BCUT2D eigenvalue weighted by molar-refractivity contribution is -0.135. The molecule has 160 valence electrons. The quantitative estimate of drug-likeness (QED) is 0.736. The molecule has 3 fully saturated rings. The van der Waals surface area contributed by atoms with Crippen molar-refractivity contribution in [2.75, 3.05) is 19.4 Å². The summed E-state index contributed by atoms with van der Waals surface area (Å²) in [6, 6.07) is 10.2. The minimum Gasteiger partial charge on any atom is -0.376 e. The normalized spacial score (nSPS) is 30.4. The maximum Gasteiger partial charge on any atom is 0.226 e. The number of sulfonamides is 1. The number of carbonyl (C=O) groups excluding carboxylic acids is 1. The molecule has 0 radical (unpaired) electrons. The van der Waals surface area contributed by atoms with Crippen molar-refractivity contribution < 1.29 is 17.9 Å². The van der Waals surface area contributed by atoms with Crippen LogP contribution in [-0.4, -0.2) is 56.8 Å². The van der Waals surface area contributed by atoms with Gasteiger partial charge in [0.05, 0.1) is 25.0 Å². The van der Waals surface area contributed by atoms with Gasteiger partial charge in [-0.25, -0.2) is 13.1 Å². The van der Waals surface area contributed by atoms with E-state index in [1.807, 2.05) is 4.90 Å². The topological polar surface area (TPSA) is 75.7 Å². The molecule has 3 aliphatic rings. The highest BCUT2D eigenvalue weighted by molar-refractivity contribution is 7.88. The number of nitrogens with one attached hydrogen (secondary N) is 1. The second kappa shape index (κ2) is 8.74. The predicted molar refractivity (Wildman–Crippen MR) is 112 cm³/mol. The molecule has 1 amide bonds. The number of carbonyl (C=O) groups is 1. The number of benzene rings is 1. The van der Waals surface area contributed by atoms with Gasteiger partial charge in [0.25, 0.3) is 0 Å². The third-order valence-electron chi connectivity index (χ3n) is 6.57. The fraction of sp³-hybridized carbons (Fsp3) is 0.682. The first-order chi connectivity index (χ1) is 13.9. The summed E-state index contributed by atoms with van der Waals surface area (Å²) in [5.41, 5.74) is 1.40. The van der Waals surface area contributed by atoms with Crippen LogP contribution in [0.4, 0.5) is 0 Å². The van der Waals surface area contributed by atoms with Crippen LogP contribution in [0.2, 0.25) is 0 Å². The van der Waals surface area contributed by atoms with E-state index in [9.17, 15) is 13.2 Å². The molecule has 4 rings (SSSR count). The van der Waals surface area contributed by atoms with E-state index in [0.717, 1.165) is 38.5 Å². The molecular weight excluding hydrogens is 388 g/mol. The van der Waals surface area contributed by atoms with E-state index in [1.165, 1.54) is 11.8 Å². The van der Waals surface area contributed by atoms with Gasteiger partial charge < -0.3 is 9.64 Å². The third kappa shape index (κ3) is 5.38. The van der Waals surface area contributed by atoms with Crippen molar-refractivity contribution >= 4 is 15.9 Å². The van der Waals surface area contributed by atoms with Crippen molar-refractivity contribution in [3.05, 3.63) is 35.9 Å². The Balaban J connectivity index is 1.33. The molecular formula is C22H32N2O4S. The zero-order chi connectivity index (χ0) is 20.4. The SMILES string of the molecule is CS(=O)(=O)N[C@@H]1CCN(C(=O)C2CC2)[C@@H]1CO[C@H]1CC[C@@H](c2ccccc2)CC1. The molecule has 0 spiro atoms. The molecule has 0 aromatic heterocycles. The van der Waals surface area contributed by atoms with Gasteiger partial charge in [-0.15, -0.1) is 0 Å². The second-order valence-electron chi connectivity index (χ2n) is 8.88. The molecule has 29 heavy (non-hydrogen) atoms. The second-order valence-corrected chi connectivity index (χ2v) is 10.7. The van der Waals surface area contributed by atoms with E-state index in [4.69, 9.17) is 4.74 Å². The monoisotopic (exact) mass is 420 g/mol. The van der Waals surface area contributed by atoms with Gasteiger partial charge >= 0.3 is 0 Å². The molecule has 2 saturated carbocycles. The van der Waals surface area contributed by atoms with Crippen LogP contribution >= 0.6 is 0 Å². The van der Waals surface area contributed by atoms with Crippen molar-refractivity contribution in [1.29, 1.82) is 0 Å². The van der Waals surface area contributed by atoms with Crippen molar-refractivity contribution in [1.82, 2.24) is 9.62 Å².